The third-order valence-corrected chi connectivity index (χ3v) is 6.55. The fraction of sp³-hybridized carbons (Fsp3) is 0.407. The van der Waals surface area contributed by atoms with Crippen LogP contribution in [-0.2, 0) is 22.5 Å². The van der Waals surface area contributed by atoms with Crippen LogP contribution in [0.25, 0.3) is 22.4 Å². The number of aliphatic carboxylic acids is 1. The fourth-order valence-electron chi connectivity index (χ4n) is 4.86. The molecule has 0 saturated heterocycles. The summed E-state index contributed by atoms with van der Waals surface area (Å²) in [6.45, 7) is 3.31. The maximum atomic E-state index is 13.6. The van der Waals surface area contributed by atoms with Gasteiger partial charge in [0, 0.05) is 23.4 Å². The van der Waals surface area contributed by atoms with E-state index in [1.807, 2.05) is 18.2 Å². The van der Waals surface area contributed by atoms with Crippen molar-refractivity contribution in [3.63, 3.8) is 0 Å². The number of benzene rings is 2. The van der Waals surface area contributed by atoms with E-state index in [9.17, 15) is 9.18 Å². The molecule has 0 unspecified atom stereocenters. The highest BCUT2D eigenvalue weighted by atomic mass is 19.1. The largest absolute Gasteiger partial charge is 0.480 e. The molecule has 0 atom stereocenters. The number of aromatic nitrogens is 2. The molecule has 0 radical (unpaired) electrons. The highest BCUT2D eigenvalue weighted by Gasteiger charge is 2.25. The summed E-state index contributed by atoms with van der Waals surface area (Å²) < 4.78 is 21.0. The molecule has 1 heterocycles. The molecule has 0 bridgehead atoms. The maximum Gasteiger partial charge on any atom is 0.329 e. The van der Waals surface area contributed by atoms with Crippen molar-refractivity contribution in [2.24, 2.45) is 11.8 Å². The van der Waals surface area contributed by atoms with Gasteiger partial charge in [-0.25, -0.2) is 9.18 Å². The lowest BCUT2D eigenvalue weighted by Gasteiger charge is -2.28. The highest BCUT2D eigenvalue weighted by molar-refractivity contribution is 5.82. The third-order valence-electron chi connectivity index (χ3n) is 6.55. The Morgan fingerprint density at radius 3 is 2.33 bits per heavy atom. The first kappa shape index (κ1) is 23.2. The van der Waals surface area contributed by atoms with Gasteiger partial charge in [-0.1, -0.05) is 37.3 Å². The summed E-state index contributed by atoms with van der Waals surface area (Å²) in [5.41, 5.74) is 5.27. The van der Waals surface area contributed by atoms with Crippen LogP contribution in [0.15, 0.2) is 54.6 Å². The van der Waals surface area contributed by atoms with Gasteiger partial charge in [0.05, 0.1) is 6.61 Å². The van der Waals surface area contributed by atoms with Crippen LogP contribution in [0.2, 0.25) is 0 Å². The Balaban J connectivity index is 1.55. The quantitative estimate of drug-likeness (QED) is 0.446. The van der Waals surface area contributed by atoms with Gasteiger partial charge in [-0.05, 0) is 73.8 Å². The van der Waals surface area contributed by atoms with Crippen molar-refractivity contribution in [1.29, 1.82) is 0 Å². The number of carbonyl (C=O) groups is 1. The first-order chi connectivity index (χ1) is 16.0. The molecular formula is C27H31FN2O3. The van der Waals surface area contributed by atoms with Gasteiger partial charge in [0.25, 0.3) is 0 Å². The summed E-state index contributed by atoms with van der Waals surface area (Å²) in [6.07, 6.45) is 5.11. The first-order valence-corrected chi connectivity index (χ1v) is 11.8. The zero-order valence-corrected chi connectivity index (χ0v) is 19.0. The number of hydrogen-bond acceptors (Lipinski definition) is 3. The number of rotatable bonds is 9. The average molecular weight is 451 g/mol. The fourth-order valence-corrected chi connectivity index (χ4v) is 4.86. The lowest BCUT2D eigenvalue weighted by molar-refractivity contribution is -0.142. The van der Waals surface area contributed by atoms with E-state index in [1.54, 1.807) is 12.1 Å². The summed E-state index contributed by atoms with van der Waals surface area (Å²) in [5, 5.41) is 13.8. The minimum absolute atomic E-state index is 0.221. The molecule has 33 heavy (non-hydrogen) atoms. The zero-order chi connectivity index (χ0) is 23.2. The number of nitrogens with zero attached hydrogens (tertiary/aromatic N) is 2. The summed E-state index contributed by atoms with van der Waals surface area (Å²) >= 11 is 0. The Morgan fingerprint density at radius 2 is 1.70 bits per heavy atom. The normalized spacial score (nSPS) is 18.4. The van der Waals surface area contributed by atoms with Crippen molar-refractivity contribution in [2.45, 2.75) is 45.6 Å². The molecule has 5 nitrogen and oxygen atoms in total. The van der Waals surface area contributed by atoms with Gasteiger partial charge in [-0.3, -0.25) is 4.68 Å². The SMILES string of the molecule is CCc1c(-c2ccccc2)c(-c2ccc(F)cc2)nn1C[C@H]1CC[C@H](COCC(=O)O)CC1. The number of carboxylic acids is 1. The van der Waals surface area contributed by atoms with E-state index in [2.05, 4.69) is 23.7 Å². The molecule has 0 aliphatic heterocycles. The summed E-state index contributed by atoms with van der Waals surface area (Å²) in [5.74, 6) is -0.214. The Bertz CT molecular complexity index is 1050. The molecule has 4 rings (SSSR count). The number of halogens is 1. The monoisotopic (exact) mass is 450 g/mol. The van der Waals surface area contributed by atoms with E-state index in [-0.39, 0.29) is 12.4 Å². The van der Waals surface area contributed by atoms with Crippen LogP contribution in [0.4, 0.5) is 4.39 Å². The van der Waals surface area contributed by atoms with Crippen molar-refractivity contribution >= 4 is 5.97 Å². The standard InChI is InChI=1S/C27H31FN2O3/c1-2-24-26(21-6-4-3-5-7-21)27(22-12-14-23(28)15-13-22)29-30(24)16-19-8-10-20(11-9-19)17-33-18-25(31)32/h3-7,12-15,19-20H,2,8-11,16-18H2,1H3,(H,31,32)/t19-,20-. The molecule has 1 aliphatic carbocycles. The summed E-state index contributed by atoms with van der Waals surface area (Å²) in [4.78, 5) is 10.7. The first-order valence-electron chi connectivity index (χ1n) is 11.8. The van der Waals surface area contributed by atoms with Crippen molar-refractivity contribution in [2.75, 3.05) is 13.2 Å². The van der Waals surface area contributed by atoms with Gasteiger partial charge in [-0.15, -0.1) is 0 Å². The van der Waals surface area contributed by atoms with Crippen LogP contribution < -0.4 is 0 Å². The molecule has 1 N–H and O–H groups in total. The van der Waals surface area contributed by atoms with Crippen molar-refractivity contribution < 1.29 is 19.0 Å². The zero-order valence-electron chi connectivity index (χ0n) is 19.0. The Labute approximate surface area is 194 Å². The topological polar surface area (TPSA) is 64.4 Å². The van der Waals surface area contributed by atoms with E-state index < -0.39 is 5.97 Å². The number of hydrogen-bond donors (Lipinski definition) is 1. The minimum Gasteiger partial charge on any atom is -0.480 e. The van der Waals surface area contributed by atoms with Crippen molar-refractivity contribution in [3.05, 3.63) is 66.1 Å². The number of ether oxygens (including phenoxy) is 1. The van der Waals surface area contributed by atoms with Gasteiger partial charge in [-0.2, -0.15) is 5.10 Å². The van der Waals surface area contributed by atoms with Crippen LogP contribution >= 0.6 is 0 Å². The molecule has 1 aliphatic rings. The molecule has 2 aromatic carbocycles. The summed E-state index contributed by atoms with van der Waals surface area (Å²) in [7, 11) is 0. The predicted octanol–water partition coefficient (Wildman–Crippen LogP) is 5.83. The van der Waals surface area contributed by atoms with Crippen LogP contribution in [0.1, 0.15) is 38.3 Å². The Hall–Kier alpha value is -2.99. The molecule has 1 saturated carbocycles. The second-order valence-electron chi connectivity index (χ2n) is 8.87. The van der Waals surface area contributed by atoms with E-state index in [4.69, 9.17) is 14.9 Å². The molecule has 1 aromatic heterocycles. The van der Waals surface area contributed by atoms with Gasteiger partial charge in [0.1, 0.15) is 18.1 Å². The van der Waals surface area contributed by atoms with E-state index in [0.717, 1.165) is 61.0 Å². The third kappa shape index (κ3) is 5.69. The van der Waals surface area contributed by atoms with Crippen LogP contribution in [0.3, 0.4) is 0 Å². The average Bonchev–Trinajstić information content (AvgIpc) is 3.19. The highest BCUT2D eigenvalue weighted by Crippen LogP contribution is 2.37. The van der Waals surface area contributed by atoms with Gasteiger partial charge in [0.2, 0.25) is 0 Å². The minimum atomic E-state index is -0.916. The smallest absolute Gasteiger partial charge is 0.329 e. The summed E-state index contributed by atoms with van der Waals surface area (Å²) in [6, 6.07) is 16.9. The van der Waals surface area contributed by atoms with E-state index >= 15 is 0 Å². The second kappa shape index (κ2) is 10.8. The van der Waals surface area contributed by atoms with E-state index in [1.165, 1.54) is 17.8 Å². The number of carboxylic acid groups (broad SMARTS) is 1. The van der Waals surface area contributed by atoms with E-state index in [0.29, 0.717) is 18.4 Å². The van der Waals surface area contributed by atoms with Gasteiger partial charge >= 0.3 is 5.97 Å². The van der Waals surface area contributed by atoms with Crippen molar-refractivity contribution in [3.8, 4) is 22.4 Å². The molecule has 1 fully saturated rings. The molecular weight excluding hydrogens is 419 g/mol. The van der Waals surface area contributed by atoms with Gasteiger partial charge < -0.3 is 9.84 Å². The van der Waals surface area contributed by atoms with Crippen molar-refractivity contribution in [1.82, 2.24) is 9.78 Å². The van der Waals surface area contributed by atoms with Crippen LogP contribution in [0.5, 0.6) is 0 Å². The molecule has 0 amide bonds. The molecule has 0 spiro atoms. The van der Waals surface area contributed by atoms with Gasteiger partial charge in [0.15, 0.2) is 0 Å². The maximum absolute atomic E-state index is 13.6. The predicted molar refractivity (Wildman–Crippen MR) is 126 cm³/mol. The Kier molecular flexibility index (Phi) is 7.55. The van der Waals surface area contributed by atoms with Crippen LogP contribution in [0, 0.1) is 17.7 Å². The van der Waals surface area contributed by atoms with Crippen LogP contribution in [-0.4, -0.2) is 34.1 Å². The molecule has 174 valence electrons. The molecule has 6 heteroatoms. The molecule has 3 aromatic rings. The second-order valence-corrected chi connectivity index (χ2v) is 8.87. The lowest BCUT2D eigenvalue weighted by atomic mass is 9.82. The Morgan fingerprint density at radius 1 is 1.03 bits per heavy atom. The lowest BCUT2D eigenvalue weighted by Crippen LogP contribution is -2.23.